The zero-order valence-electron chi connectivity index (χ0n) is 14.9. The van der Waals surface area contributed by atoms with E-state index in [1.54, 1.807) is 12.1 Å². The highest BCUT2D eigenvalue weighted by atomic mass is 79.9. The van der Waals surface area contributed by atoms with Crippen molar-refractivity contribution in [1.82, 2.24) is 0 Å². The molecule has 0 saturated carbocycles. The number of methoxy groups -OCH3 is 1. The van der Waals surface area contributed by atoms with Gasteiger partial charge in [-0.15, -0.1) is 0 Å². The average Bonchev–Trinajstić information content (AvgIpc) is 2.61. The number of rotatable bonds is 4. The van der Waals surface area contributed by atoms with Crippen molar-refractivity contribution in [1.29, 1.82) is 0 Å². The van der Waals surface area contributed by atoms with Crippen molar-refractivity contribution in [2.24, 2.45) is 0 Å². The van der Waals surface area contributed by atoms with E-state index in [0.717, 1.165) is 24.0 Å². The summed E-state index contributed by atoms with van der Waals surface area (Å²) in [5.41, 5.74) is 0.481. The molecular weight excluding hydrogens is 444 g/mol. The van der Waals surface area contributed by atoms with Gasteiger partial charge in [0.1, 0.15) is 5.83 Å². The summed E-state index contributed by atoms with van der Waals surface area (Å²) >= 11 is 2.83. The summed E-state index contributed by atoms with van der Waals surface area (Å²) in [6, 6.07) is 10.4. The number of carboxylic acid groups (broad SMARTS) is 1. The molecule has 0 unspecified atom stereocenters. The minimum atomic E-state index is -4.53. The van der Waals surface area contributed by atoms with E-state index in [9.17, 15) is 22.4 Å². The molecular formula is C20H17BrF4O3. The largest absolute Gasteiger partial charge is 0.504 e. The van der Waals surface area contributed by atoms with Crippen LogP contribution >= 0.6 is 15.9 Å². The number of aliphatic carboxylic acids is 1. The molecule has 1 N–H and O–H groups in total. The van der Waals surface area contributed by atoms with Crippen LogP contribution in [0.5, 0.6) is 0 Å². The molecule has 0 spiro atoms. The Labute approximate surface area is 168 Å². The van der Waals surface area contributed by atoms with Crippen molar-refractivity contribution in [3.8, 4) is 0 Å². The molecule has 2 aromatic rings. The van der Waals surface area contributed by atoms with Crippen molar-refractivity contribution in [2.75, 3.05) is 7.11 Å². The molecule has 0 bridgehead atoms. The van der Waals surface area contributed by atoms with Crippen LogP contribution in [0.15, 0.2) is 59.3 Å². The molecule has 8 heteroatoms. The van der Waals surface area contributed by atoms with E-state index in [0.29, 0.717) is 5.56 Å². The second kappa shape index (κ2) is 10.7. The van der Waals surface area contributed by atoms with Crippen LogP contribution in [0, 0.1) is 6.92 Å². The normalized spacial score (nSPS) is 11.8. The molecule has 0 aliphatic heterocycles. The zero-order valence-corrected chi connectivity index (χ0v) is 16.5. The highest BCUT2D eigenvalue weighted by molar-refractivity contribution is 9.10. The van der Waals surface area contributed by atoms with E-state index < -0.39 is 23.5 Å². The van der Waals surface area contributed by atoms with Crippen molar-refractivity contribution in [2.45, 2.75) is 13.1 Å². The van der Waals surface area contributed by atoms with Gasteiger partial charge in [-0.25, -0.2) is 9.18 Å². The Hall–Kier alpha value is -2.61. The summed E-state index contributed by atoms with van der Waals surface area (Å²) < 4.78 is 56.8. The fraction of sp³-hybridized carbons (Fsp3) is 0.150. The van der Waals surface area contributed by atoms with E-state index >= 15 is 0 Å². The second-order valence-electron chi connectivity index (χ2n) is 5.42. The number of alkyl halides is 3. The first-order chi connectivity index (χ1) is 13.1. The molecule has 0 heterocycles. The number of carbonyl (C=O) groups is 1. The van der Waals surface area contributed by atoms with Crippen LogP contribution in [0.25, 0.3) is 11.9 Å². The summed E-state index contributed by atoms with van der Waals surface area (Å²) in [6.07, 6.45) is -1.28. The maximum Gasteiger partial charge on any atom is 0.417 e. The summed E-state index contributed by atoms with van der Waals surface area (Å²) in [5.74, 6) is -1.70. The molecule has 0 saturated heterocycles. The van der Waals surface area contributed by atoms with Gasteiger partial charge in [-0.3, -0.25) is 0 Å². The Kier molecular flexibility index (Phi) is 8.91. The van der Waals surface area contributed by atoms with Gasteiger partial charge in [0.25, 0.3) is 0 Å². The third kappa shape index (κ3) is 7.56. The van der Waals surface area contributed by atoms with E-state index in [1.165, 1.54) is 25.3 Å². The summed E-state index contributed by atoms with van der Waals surface area (Å²) in [4.78, 5) is 9.59. The first-order valence-corrected chi connectivity index (χ1v) is 8.57. The number of benzene rings is 2. The SMILES string of the molecule is COC=CC(=O)O.Cc1ccccc1C=C(F)c1ccc(Br)c(C(F)(F)F)c1. The molecule has 0 atom stereocenters. The molecule has 0 aliphatic rings. The van der Waals surface area contributed by atoms with Gasteiger partial charge in [0.15, 0.2) is 0 Å². The monoisotopic (exact) mass is 460 g/mol. The summed E-state index contributed by atoms with van der Waals surface area (Å²) in [7, 11) is 1.39. The topological polar surface area (TPSA) is 46.5 Å². The zero-order chi connectivity index (χ0) is 21.3. The van der Waals surface area contributed by atoms with Gasteiger partial charge in [0, 0.05) is 10.0 Å². The Morgan fingerprint density at radius 2 is 1.82 bits per heavy atom. The van der Waals surface area contributed by atoms with Crippen LogP contribution in [0.4, 0.5) is 17.6 Å². The molecule has 150 valence electrons. The van der Waals surface area contributed by atoms with E-state index in [1.807, 2.05) is 19.1 Å². The van der Waals surface area contributed by atoms with Gasteiger partial charge in [-0.1, -0.05) is 46.3 Å². The van der Waals surface area contributed by atoms with E-state index in [-0.39, 0.29) is 10.0 Å². The molecule has 0 aliphatic carbocycles. The highest BCUT2D eigenvalue weighted by Gasteiger charge is 2.33. The molecule has 0 radical (unpaired) electrons. The average molecular weight is 461 g/mol. The van der Waals surface area contributed by atoms with Crippen molar-refractivity contribution in [3.63, 3.8) is 0 Å². The van der Waals surface area contributed by atoms with Gasteiger partial charge >= 0.3 is 12.1 Å². The minimum Gasteiger partial charge on any atom is -0.504 e. The number of aryl methyl sites for hydroxylation is 1. The highest BCUT2D eigenvalue weighted by Crippen LogP contribution is 2.36. The maximum absolute atomic E-state index is 14.2. The second-order valence-corrected chi connectivity index (χ2v) is 6.27. The fourth-order valence-electron chi connectivity index (χ4n) is 1.99. The van der Waals surface area contributed by atoms with Gasteiger partial charge in [-0.2, -0.15) is 13.2 Å². The van der Waals surface area contributed by atoms with Gasteiger partial charge in [0.05, 0.1) is 25.0 Å². The lowest BCUT2D eigenvalue weighted by atomic mass is 10.0. The predicted molar refractivity (Wildman–Crippen MR) is 103 cm³/mol. The van der Waals surface area contributed by atoms with Crippen molar-refractivity contribution in [3.05, 3.63) is 81.5 Å². The molecule has 0 fully saturated rings. The standard InChI is InChI=1S/C16H11BrF4.C4H6O3/c1-10-4-2-3-5-11(10)9-15(18)12-6-7-14(17)13(8-12)16(19,20)21;1-7-3-2-4(5)6/h2-9H,1H3;2-3H,1H3,(H,5,6). The van der Waals surface area contributed by atoms with Gasteiger partial charge < -0.3 is 9.84 Å². The third-order valence-electron chi connectivity index (χ3n) is 3.36. The molecule has 3 nitrogen and oxygen atoms in total. The molecule has 2 aromatic carbocycles. The fourth-order valence-corrected chi connectivity index (χ4v) is 2.46. The molecule has 2 rings (SSSR count). The third-order valence-corrected chi connectivity index (χ3v) is 4.06. The van der Waals surface area contributed by atoms with Crippen LogP contribution in [0.3, 0.4) is 0 Å². The Morgan fingerprint density at radius 3 is 2.32 bits per heavy atom. The quantitative estimate of drug-likeness (QED) is 0.246. The van der Waals surface area contributed by atoms with E-state index in [2.05, 4.69) is 20.7 Å². The Morgan fingerprint density at radius 1 is 1.18 bits per heavy atom. The lowest BCUT2D eigenvalue weighted by molar-refractivity contribution is -0.138. The van der Waals surface area contributed by atoms with Crippen molar-refractivity contribution >= 4 is 33.8 Å². The molecule has 28 heavy (non-hydrogen) atoms. The number of hydrogen-bond donors (Lipinski definition) is 1. The molecule has 0 amide bonds. The summed E-state index contributed by atoms with van der Waals surface area (Å²) in [5, 5.41) is 7.88. The number of halogens is 5. The maximum atomic E-state index is 14.2. The Bertz CT molecular complexity index is 874. The van der Waals surface area contributed by atoms with Gasteiger partial charge in [-0.05, 0) is 36.3 Å². The first kappa shape index (κ1) is 23.4. The van der Waals surface area contributed by atoms with E-state index in [4.69, 9.17) is 5.11 Å². The van der Waals surface area contributed by atoms with Crippen LogP contribution in [0.2, 0.25) is 0 Å². The lowest BCUT2D eigenvalue weighted by Crippen LogP contribution is -2.06. The summed E-state index contributed by atoms with van der Waals surface area (Å²) in [6.45, 7) is 1.81. The Balaban J connectivity index is 0.000000480. The number of hydrogen-bond acceptors (Lipinski definition) is 2. The first-order valence-electron chi connectivity index (χ1n) is 7.78. The van der Waals surface area contributed by atoms with Crippen LogP contribution < -0.4 is 0 Å². The lowest BCUT2D eigenvalue weighted by Gasteiger charge is -2.10. The smallest absolute Gasteiger partial charge is 0.417 e. The number of carboxylic acids is 1. The van der Waals surface area contributed by atoms with Crippen molar-refractivity contribution < 1.29 is 32.2 Å². The van der Waals surface area contributed by atoms with Crippen LogP contribution in [-0.4, -0.2) is 18.2 Å². The van der Waals surface area contributed by atoms with Crippen LogP contribution in [0.1, 0.15) is 22.3 Å². The van der Waals surface area contributed by atoms with Gasteiger partial charge in [0.2, 0.25) is 0 Å². The number of ether oxygens (including phenoxy) is 1. The predicted octanol–water partition coefficient (Wildman–Crippen LogP) is 6.48. The minimum absolute atomic E-state index is 0.103. The van der Waals surface area contributed by atoms with Crippen LogP contribution in [-0.2, 0) is 15.7 Å². The molecule has 0 aromatic heterocycles.